The monoisotopic (exact) mass is 341 g/mol. The first-order valence-electron chi connectivity index (χ1n) is 9.01. The number of rotatable bonds is 6. The van der Waals surface area contributed by atoms with Crippen LogP contribution in [-0.2, 0) is 25.5 Å². The van der Waals surface area contributed by atoms with Gasteiger partial charge in [0.1, 0.15) is 11.5 Å². The van der Waals surface area contributed by atoms with Gasteiger partial charge in [-0.05, 0) is 18.4 Å². The first-order chi connectivity index (χ1) is 12.1. The van der Waals surface area contributed by atoms with Crippen LogP contribution in [0.2, 0.25) is 0 Å². The SMILES string of the molecule is CCCOC(=O)[C@H]1[C@@H]2C=C[C@]3(CN(CCc4ccccc4)C(=O)[C@H]13)O2. The number of nitrogens with zero attached hydrogens (tertiary/aromatic N) is 1. The Balaban J connectivity index is 1.48. The van der Waals surface area contributed by atoms with E-state index in [1.165, 1.54) is 5.56 Å². The van der Waals surface area contributed by atoms with Gasteiger partial charge >= 0.3 is 5.97 Å². The number of likely N-dealkylation sites (tertiary alicyclic amines) is 1. The minimum atomic E-state index is -0.645. The van der Waals surface area contributed by atoms with Crippen LogP contribution in [0.5, 0.6) is 0 Å². The highest BCUT2D eigenvalue weighted by Crippen LogP contribution is 2.52. The number of carbonyl (C=O) groups is 2. The topological polar surface area (TPSA) is 55.8 Å². The molecular formula is C20H23NO4. The molecule has 4 rings (SSSR count). The number of esters is 1. The van der Waals surface area contributed by atoms with E-state index < -0.39 is 17.4 Å². The average Bonchev–Trinajstić information content (AvgIpc) is 3.27. The zero-order valence-electron chi connectivity index (χ0n) is 14.4. The summed E-state index contributed by atoms with van der Waals surface area (Å²) in [6.07, 6.45) is 5.14. The molecule has 5 nitrogen and oxygen atoms in total. The molecule has 1 amide bonds. The van der Waals surface area contributed by atoms with Gasteiger partial charge in [0.05, 0.1) is 25.2 Å². The Hall–Kier alpha value is -2.14. The predicted molar refractivity (Wildman–Crippen MR) is 91.7 cm³/mol. The normalized spacial score (nSPS) is 32.3. The van der Waals surface area contributed by atoms with Crippen molar-refractivity contribution in [2.75, 3.05) is 19.7 Å². The molecule has 2 fully saturated rings. The van der Waals surface area contributed by atoms with Crippen molar-refractivity contribution in [1.82, 2.24) is 4.90 Å². The molecule has 0 aromatic heterocycles. The lowest BCUT2D eigenvalue weighted by Crippen LogP contribution is -2.40. The molecule has 0 aliphatic carbocycles. The van der Waals surface area contributed by atoms with Crippen LogP contribution in [0.4, 0.5) is 0 Å². The molecule has 1 aromatic carbocycles. The van der Waals surface area contributed by atoms with Gasteiger partial charge in [-0.15, -0.1) is 0 Å². The minimum Gasteiger partial charge on any atom is -0.465 e. The van der Waals surface area contributed by atoms with E-state index in [4.69, 9.17) is 9.47 Å². The van der Waals surface area contributed by atoms with Crippen molar-refractivity contribution in [2.24, 2.45) is 11.8 Å². The fourth-order valence-electron chi connectivity index (χ4n) is 4.24. The maximum atomic E-state index is 13.0. The second-order valence-corrected chi connectivity index (χ2v) is 7.06. The van der Waals surface area contributed by atoms with Crippen molar-refractivity contribution in [2.45, 2.75) is 31.5 Å². The molecule has 0 radical (unpaired) electrons. The van der Waals surface area contributed by atoms with Crippen molar-refractivity contribution >= 4 is 11.9 Å². The molecular weight excluding hydrogens is 318 g/mol. The highest BCUT2D eigenvalue weighted by Gasteiger charge is 2.67. The summed E-state index contributed by atoms with van der Waals surface area (Å²) >= 11 is 0. The Morgan fingerprint density at radius 1 is 1.36 bits per heavy atom. The van der Waals surface area contributed by atoms with Gasteiger partial charge < -0.3 is 14.4 Å². The van der Waals surface area contributed by atoms with E-state index in [1.54, 1.807) is 0 Å². The molecule has 2 bridgehead atoms. The molecule has 3 aliphatic heterocycles. The van der Waals surface area contributed by atoms with Crippen molar-refractivity contribution in [1.29, 1.82) is 0 Å². The van der Waals surface area contributed by atoms with Crippen LogP contribution in [0.15, 0.2) is 42.5 Å². The highest BCUT2D eigenvalue weighted by atomic mass is 16.6. The Morgan fingerprint density at radius 3 is 2.92 bits per heavy atom. The Kier molecular flexibility index (Phi) is 4.12. The maximum Gasteiger partial charge on any atom is 0.312 e. The molecule has 4 atom stereocenters. The van der Waals surface area contributed by atoms with Gasteiger partial charge in [-0.3, -0.25) is 9.59 Å². The quantitative estimate of drug-likeness (QED) is 0.586. The molecule has 3 heterocycles. The van der Waals surface area contributed by atoms with E-state index in [1.807, 2.05) is 42.2 Å². The van der Waals surface area contributed by atoms with Gasteiger partial charge in [-0.25, -0.2) is 0 Å². The lowest BCUT2D eigenvalue weighted by molar-refractivity contribution is -0.153. The number of hydrogen-bond acceptors (Lipinski definition) is 4. The van der Waals surface area contributed by atoms with Gasteiger partial charge in [0.25, 0.3) is 0 Å². The van der Waals surface area contributed by atoms with E-state index >= 15 is 0 Å². The Morgan fingerprint density at radius 2 is 2.16 bits per heavy atom. The van der Waals surface area contributed by atoms with Crippen molar-refractivity contribution < 1.29 is 19.1 Å². The fourth-order valence-corrected chi connectivity index (χ4v) is 4.24. The van der Waals surface area contributed by atoms with E-state index in [9.17, 15) is 9.59 Å². The van der Waals surface area contributed by atoms with Crippen molar-refractivity contribution in [3.05, 3.63) is 48.0 Å². The molecule has 0 N–H and O–H groups in total. The minimum absolute atomic E-state index is 0.0150. The van der Waals surface area contributed by atoms with Crippen LogP contribution < -0.4 is 0 Å². The third kappa shape index (κ3) is 2.67. The van der Waals surface area contributed by atoms with Gasteiger partial charge in [-0.2, -0.15) is 0 Å². The van der Waals surface area contributed by atoms with Crippen LogP contribution in [-0.4, -0.2) is 48.2 Å². The molecule has 132 valence electrons. The van der Waals surface area contributed by atoms with Gasteiger partial charge in [0.15, 0.2) is 0 Å². The molecule has 0 saturated carbocycles. The van der Waals surface area contributed by atoms with E-state index in [2.05, 4.69) is 12.1 Å². The summed E-state index contributed by atoms with van der Waals surface area (Å²) in [4.78, 5) is 27.3. The lowest BCUT2D eigenvalue weighted by Gasteiger charge is -2.22. The van der Waals surface area contributed by atoms with E-state index in [0.29, 0.717) is 19.7 Å². The molecule has 25 heavy (non-hydrogen) atoms. The smallest absolute Gasteiger partial charge is 0.312 e. The summed E-state index contributed by atoms with van der Waals surface area (Å²) in [5, 5.41) is 0. The molecule has 1 aromatic rings. The molecule has 2 saturated heterocycles. The first-order valence-corrected chi connectivity index (χ1v) is 9.01. The van der Waals surface area contributed by atoms with Gasteiger partial charge in [0.2, 0.25) is 5.91 Å². The summed E-state index contributed by atoms with van der Waals surface area (Å²) < 4.78 is 11.4. The van der Waals surface area contributed by atoms with Crippen LogP contribution >= 0.6 is 0 Å². The van der Waals surface area contributed by atoms with Crippen LogP contribution in [0.3, 0.4) is 0 Å². The fraction of sp³-hybridized carbons (Fsp3) is 0.500. The zero-order chi connectivity index (χ0) is 17.4. The number of benzene rings is 1. The average molecular weight is 341 g/mol. The first kappa shape index (κ1) is 16.3. The Bertz CT molecular complexity index is 701. The molecule has 0 unspecified atom stereocenters. The second kappa shape index (κ2) is 6.30. The van der Waals surface area contributed by atoms with Gasteiger partial charge in [0, 0.05) is 6.54 Å². The second-order valence-electron chi connectivity index (χ2n) is 7.06. The lowest BCUT2D eigenvalue weighted by atomic mass is 9.77. The highest BCUT2D eigenvalue weighted by molar-refractivity contribution is 5.91. The Labute approximate surface area is 147 Å². The molecule has 3 aliphatic rings. The van der Waals surface area contributed by atoms with E-state index in [-0.39, 0.29) is 18.0 Å². The van der Waals surface area contributed by atoms with Crippen LogP contribution in [0.25, 0.3) is 0 Å². The number of fused-ring (bicyclic) bond motifs is 1. The predicted octanol–water partition coefficient (Wildman–Crippen LogP) is 1.96. The number of carbonyl (C=O) groups excluding carboxylic acids is 2. The standard InChI is InChI=1S/C20H23NO4/c1-2-12-24-19(23)16-15-8-10-20(25-15)13-21(18(22)17(16)20)11-9-14-6-4-3-5-7-14/h3-8,10,15-17H,2,9,11-13H2,1H3/t15-,16-,17-,20+/m0/s1. The summed E-state index contributed by atoms with van der Waals surface area (Å²) in [6.45, 7) is 3.50. The summed E-state index contributed by atoms with van der Waals surface area (Å²) in [5.74, 6) is -1.24. The third-order valence-electron chi connectivity index (χ3n) is 5.41. The molecule has 1 spiro atoms. The summed E-state index contributed by atoms with van der Waals surface area (Å²) in [5.41, 5.74) is 0.554. The van der Waals surface area contributed by atoms with Crippen LogP contribution in [0, 0.1) is 11.8 Å². The largest absolute Gasteiger partial charge is 0.465 e. The number of amides is 1. The summed E-state index contributed by atoms with van der Waals surface area (Å²) in [7, 11) is 0. The van der Waals surface area contributed by atoms with E-state index in [0.717, 1.165) is 12.8 Å². The number of ether oxygens (including phenoxy) is 2. The number of hydrogen-bond donors (Lipinski definition) is 0. The van der Waals surface area contributed by atoms with Crippen molar-refractivity contribution in [3.63, 3.8) is 0 Å². The summed E-state index contributed by atoms with van der Waals surface area (Å²) in [6, 6.07) is 10.1. The third-order valence-corrected chi connectivity index (χ3v) is 5.41. The zero-order valence-corrected chi connectivity index (χ0v) is 14.4. The molecule has 5 heteroatoms. The maximum absolute atomic E-state index is 13.0. The van der Waals surface area contributed by atoms with Gasteiger partial charge in [-0.1, -0.05) is 49.4 Å². The van der Waals surface area contributed by atoms with Crippen LogP contribution in [0.1, 0.15) is 18.9 Å². The van der Waals surface area contributed by atoms with Crippen molar-refractivity contribution in [3.8, 4) is 0 Å².